The Kier molecular flexibility index (Phi) is 2.84. The number of hydrogen-bond acceptors (Lipinski definition) is 4. The molecule has 2 rings (SSSR count). The summed E-state index contributed by atoms with van der Waals surface area (Å²) in [5.74, 6) is 2.67. The summed E-state index contributed by atoms with van der Waals surface area (Å²) in [5, 5.41) is 9.87. The highest BCUT2D eigenvalue weighted by Crippen LogP contribution is 2.38. The molecule has 0 saturated heterocycles. The molecule has 0 radical (unpaired) electrons. The first-order valence-electron chi connectivity index (χ1n) is 5.04. The van der Waals surface area contributed by atoms with Crippen LogP contribution in [0.25, 0.3) is 0 Å². The van der Waals surface area contributed by atoms with Crippen molar-refractivity contribution >= 4 is 5.96 Å². The molecular formula is C9H15N5O. The molecule has 1 aliphatic carbocycles. The molecular weight excluding hydrogens is 194 g/mol. The van der Waals surface area contributed by atoms with Gasteiger partial charge in [-0.15, -0.1) is 0 Å². The SMILES string of the molecule is CN=C(NC)NCc1noc(C2CC2)n1. The highest BCUT2D eigenvalue weighted by atomic mass is 16.5. The fourth-order valence-corrected chi connectivity index (χ4v) is 1.28. The molecule has 0 unspecified atom stereocenters. The van der Waals surface area contributed by atoms with Gasteiger partial charge in [-0.3, -0.25) is 4.99 Å². The Morgan fingerprint density at radius 3 is 3.00 bits per heavy atom. The highest BCUT2D eigenvalue weighted by molar-refractivity contribution is 5.79. The minimum absolute atomic E-state index is 0.509. The van der Waals surface area contributed by atoms with E-state index in [1.807, 2.05) is 0 Å². The Morgan fingerprint density at radius 1 is 1.60 bits per heavy atom. The second kappa shape index (κ2) is 4.29. The monoisotopic (exact) mass is 209 g/mol. The molecule has 0 aromatic carbocycles. The van der Waals surface area contributed by atoms with Crippen LogP contribution in [0, 0.1) is 0 Å². The maximum absolute atomic E-state index is 5.13. The predicted octanol–water partition coefficient (Wildman–Crippen LogP) is 0.242. The molecule has 0 atom stereocenters. The Balaban J connectivity index is 1.87. The van der Waals surface area contributed by atoms with Crippen molar-refractivity contribution in [2.24, 2.45) is 4.99 Å². The van der Waals surface area contributed by atoms with Crippen molar-refractivity contribution in [2.75, 3.05) is 14.1 Å². The molecule has 0 bridgehead atoms. The van der Waals surface area contributed by atoms with Crippen molar-refractivity contribution in [2.45, 2.75) is 25.3 Å². The van der Waals surface area contributed by atoms with Gasteiger partial charge in [0.1, 0.15) is 0 Å². The lowest BCUT2D eigenvalue weighted by Crippen LogP contribution is -2.34. The van der Waals surface area contributed by atoms with E-state index >= 15 is 0 Å². The van der Waals surface area contributed by atoms with E-state index in [9.17, 15) is 0 Å². The third-order valence-electron chi connectivity index (χ3n) is 2.28. The number of nitrogens with one attached hydrogen (secondary N) is 2. The molecule has 6 heteroatoms. The molecule has 1 fully saturated rings. The maximum Gasteiger partial charge on any atom is 0.229 e. The van der Waals surface area contributed by atoms with E-state index in [0.717, 1.165) is 5.89 Å². The fraction of sp³-hybridized carbons (Fsp3) is 0.667. The van der Waals surface area contributed by atoms with Gasteiger partial charge in [-0.25, -0.2) is 0 Å². The van der Waals surface area contributed by atoms with Gasteiger partial charge in [-0.2, -0.15) is 4.98 Å². The topological polar surface area (TPSA) is 75.3 Å². The van der Waals surface area contributed by atoms with Crippen LogP contribution >= 0.6 is 0 Å². The lowest BCUT2D eigenvalue weighted by Gasteiger charge is -2.04. The maximum atomic E-state index is 5.13. The Bertz CT molecular complexity index is 355. The minimum Gasteiger partial charge on any atom is -0.359 e. The van der Waals surface area contributed by atoms with E-state index < -0.39 is 0 Å². The lowest BCUT2D eigenvalue weighted by molar-refractivity contribution is 0.373. The van der Waals surface area contributed by atoms with Crippen molar-refractivity contribution < 1.29 is 4.52 Å². The summed E-state index contributed by atoms with van der Waals surface area (Å²) >= 11 is 0. The van der Waals surface area contributed by atoms with Crippen LogP contribution in [0.4, 0.5) is 0 Å². The van der Waals surface area contributed by atoms with Crippen LogP contribution in [-0.2, 0) is 6.54 Å². The molecule has 1 saturated carbocycles. The number of aromatic nitrogens is 2. The van der Waals surface area contributed by atoms with Crippen LogP contribution < -0.4 is 10.6 Å². The summed E-state index contributed by atoms with van der Waals surface area (Å²) in [7, 11) is 3.52. The quantitative estimate of drug-likeness (QED) is 0.551. The van der Waals surface area contributed by atoms with Gasteiger partial charge in [0.25, 0.3) is 0 Å². The first-order chi connectivity index (χ1) is 7.33. The minimum atomic E-state index is 0.509. The van der Waals surface area contributed by atoms with Crippen molar-refractivity contribution in [3.8, 4) is 0 Å². The Hall–Kier alpha value is -1.59. The molecule has 0 amide bonds. The number of aliphatic imine (C=N–C) groups is 1. The second-order valence-corrected chi connectivity index (χ2v) is 3.50. The van der Waals surface area contributed by atoms with Crippen molar-refractivity contribution in [1.82, 2.24) is 20.8 Å². The van der Waals surface area contributed by atoms with Gasteiger partial charge >= 0.3 is 0 Å². The summed E-state index contributed by atoms with van der Waals surface area (Å²) < 4.78 is 5.13. The first-order valence-corrected chi connectivity index (χ1v) is 5.04. The van der Waals surface area contributed by atoms with Crippen molar-refractivity contribution in [3.63, 3.8) is 0 Å². The number of hydrogen-bond donors (Lipinski definition) is 2. The summed E-state index contributed by atoms with van der Waals surface area (Å²) in [6, 6.07) is 0. The molecule has 0 spiro atoms. The molecule has 2 N–H and O–H groups in total. The van der Waals surface area contributed by atoms with Crippen molar-refractivity contribution in [3.05, 3.63) is 11.7 Å². The van der Waals surface area contributed by atoms with Crippen LogP contribution in [0.5, 0.6) is 0 Å². The van der Waals surface area contributed by atoms with Gasteiger partial charge in [-0.05, 0) is 12.8 Å². The molecule has 15 heavy (non-hydrogen) atoms. The Labute approximate surface area is 88.2 Å². The molecule has 1 aliphatic rings. The molecule has 1 aromatic heterocycles. The van der Waals surface area contributed by atoms with E-state index in [1.54, 1.807) is 14.1 Å². The zero-order valence-corrected chi connectivity index (χ0v) is 8.95. The standard InChI is InChI=1S/C9H15N5O/c1-10-9(11-2)12-5-7-13-8(15-14-7)6-3-4-6/h6H,3-5H2,1-2H3,(H2,10,11,12). The zero-order valence-electron chi connectivity index (χ0n) is 8.95. The van der Waals surface area contributed by atoms with Gasteiger partial charge in [0.2, 0.25) is 5.89 Å². The molecule has 82 valence electrons. The number of guanidine groups is 1. The molecule has 0 aliphatic heterocycles. The molecule has 1 aromatic rings. The first kappa shape index (κ1) is 9.95. The third-order valence-corrected chi connectivity index (χ3v) is 2.28. The average molecular weight is 209 g/mol. The lowest BCUT2D eigenvalue weighted by atomic mass is 10.4. The van der Waals surface area contributed by atoms with Gasteiger partial charge in [-0.1, -0.05) is 5.16 Å². The van der Waals surface area contributed by atoms with E-state index in [1.165, 1.54) is 12.8 Å². The zero-order chi connectivity index (χ0) is 10.7. The van der Waals surface area contributed by atoms with Crippen molar-refractivity contribution in [1.29, 1.82) is 0 Å². The van der Waals surface area contributed by atoms with E-state index in [-0.39, 0.29) is 0 Å². The normalized spacial score (nSPS) is 16.5. The van der Waals surface area contributed by atoms with E-state index in [0.29, 0.717) is 24.2 Å². The summed E-state index contributed by atoms with van der Waals surface area (Å²) in [5.41, 5.74) is 0. The summed E-state index contributed by atoms with van der Waals surface area (Å²) in [4.78, 5) is 8.27. The fourth-order valence-electron chi connectivity index (χ4n) is 1.28. The summed E-state index contributed by atoms with van der Waals surface area (Å²) in [6.07, 6.45) is 2.35. The molecule has 1 heterocycles. The third kappa shape index (κ3) is 2.45. The Morgan fingerprint density at radius 2 is 2.40 bits per heavy atom. The smallest absolute Gasteiger partial charge is 0.229 e. The highest BCUT2D eigenvalue weighted by Gasteiger charge is 2.29. The van der Waals surface area contributed by atoms with Crippen LogP contribution in [-0.4, -0.2) is 30.2 Å². The van der Waals surface area contributed by atoms with Crippen LogP contribution in [0.2, 0.25) is 0 Å². The van der Waals surface area contributed by atoms with Crippen LogP contribution in [0.3, 0.4) is 0 Å². The largest absolute Gasteiger partial charge is 0.359 e. The second-order valence-electron chi connectivity index (χ2n) is 3.50. The molecule has 6 nitrogen and oxygen atoms in total. The average Bonchev–Trinajstić information content (AvgIpc) is 3.01. The number of rotatable bonds is 3. The summed E-state index contributed by atoms with van der Waals surface area (Å²) in [6.45, 7) is 0.531. The van der Waals surface area contributed by atoms with Gasteiger partial charge in [0, 0.05) is 20.0 Å². The van der Waals surface area contributed by atoms with E-state index in [2.05, 4.69) is 25.8 Å². The van der Waals surface area contributed by atoms with Gasteiger partial charge < -0.3 is 15.2 Å². The van der Waals surface area contributed by atoms with E-state index in [4.69, 9.17) is 4.52 Å². The van der Waals surface area contributed by atoms with Gasteiger partial charge in [0.05, 0.1) is 6.54 Å². The van der Waals surface area contributed by atoms with Gasteiger partial charge in [0.15, 0.2) is 11.8 Å². The number of nitrogens with zero attached hydrogens (tertiary/aromatic N) is 3. The van der Waals surface area contributed by atoms with Crippen LogP contribution in [0.15, 0.2) is 9.52 Å². The van der Waals surface area contributed by atoms with Crippen LogP contribution in [0.1, 0.15) is 30.5 Å². The predicted molar refractivity (Wildman–Crippen MR) is 55.5 cm³/mol.